The van der Waals surface area contributed by atoms with Gasteiger partial charge in [-0.15, -0.1) is 0 Å². The number of ketones is 1. The third-order valence-electron chi connectivity index (χ3n) is 4.75. The molecule has 1 unspecified atom stereocenters. The Morgan fingerprint density at radius 2 is 1.56 bits per heavy atom. The number of Topliss-reactive ketones (excluding diaryl/α,β-unsaturated/α-hetero) is 1. The van der Waals surface area contributed by atoms with Gasteiger partial charge in [-0.2, -0.15) is 0 Å². The molecule has 0 spiro atoms. The van der Waals surface area contributed by atoms with Gasteiger partial charge in [-0.3, -0.25) is 4.79 Å². The average molecular weight is 248 g/mol. The van der Waals surface area contributed by atoms with Crippen molar-refractivity contribution in [3.63, 3.8) is 0 Å². The van der Waals surface area contributed by atoms with Crippen LogP contribution in [0.15, 0.2) is 11.1 Å². The highest BCUT2D eigenvalue weighted by atomic mass is 16.1. The van der Waals surface area contributed by atoms with Crippen molar-refractivity contribution in [2.75, 3.05) is 0 Å². The molecular weight excluding hydrogens is 220 g/mol. The van der Waals surface area contributed by atoms with Gasteiger partial charge in [-0.25, -0.2) is 0 Å². The molecule has 0 radical (unpaired) electrons. The average Bonchev–Trinajstić information content (AvgIpc) is 2.65. The SMILES string of the molecule is CCC1=C2CCCCCCCCCCC2CC1=O. The first-order chi connectivity index (χ1) is 8.83. The summed E-state index contributed by atoms with van der Waals surface area (Å²) in [7, 11) is 0. The van der Waals surface area contributed by atoms with Gasteiger partial charge in [0.2, 0.25) is 0 Å². The quantitative estimate of drug-likeness (QED) is 0.623. The molecule has 2 rings (SSSR count). The van der Waals surface area contributed by atoms with Crippen LogP contribution in [0, 0.1) is 5.92 Å². The number of rotatable bonds is 1. The van der Waals surface area contributed by atoms with E-state index >= 15 is 0 Å². The second-order valence-electron chi connectivity index (χ2n) is 6.05. The van der Waals surface area contributed by atoms with Gasteiger partial charge in [0.1, 0.15) is 0 Å². The normalized spacial score (nSPS) is 27.6. The smallest absolute Gasteiger partial charge is 0.159 e. The molecule has 0 N–H and O–H groups in total. The number of fused-ring (bicyclic) bond motifs is 1. The van der Waals surface area contributed by atoms with Crippen LogP contribution in [0.3, 0.4) is 0 Å². The van der Waals surface area contributed by atoms with Crippen LogP contribution in [0.25, 0.3) is 0 Å². The highest BCUT2D eigenvalue weighted by molar-refractivity contribution is 5.99. The maximum Gasteiger partial charge on any atom is 0.159 e. The molecule has 0 aliphatic heterocycles. The molecule has 1 nitrogen and oxygen atoms in total. The summed E-state index contributed by atoms with van der Waals surface area (Å²) < 4.78 is 0. The summed E-state index contributed by atoms with van der Waals surface area (Å²) in [6, 6.07) is 0. The van der Waals surface area contributed by atoms with E-state index in [2.05, 4.69) is 6.92 Å². The second kappa shape index (κ2) is 7.11. The van der Waals surface area contributed by atoms with Crippen LogP contribution in [0.5, 0.6) is 0 Å². The lowest BCUT2D eigenvalue weighted by atomic mass is 9.89. The molecule has 1 heteroatoms. The molecule has 0 bridgehead atoms. The summed E-state index contributed by atoms with van der Waals surface area (Å²) in [4.78, 5) is 12.0. The molecular formula is C17H28O. The van der Waals surface area contributed by atoms with E-state index in [9.17, 15) is 4.79 Å². The van der Waals surface area contributed by atoms with E-state index < -0.39 is 0 Å². The molecule has 1 saturated carbocycles. The summed E-state index contributed by atoms with van der Waals surface area (Å²) >= 11 is 0. The predicted octanol–water partition coefficient (Wildman–Crippen LogP) is 5.20. The topological polar surface area (TPSA) is 17.1 Å². The Kier molecular flexibility index (Phi) is 5.46. The third kappa shape index (κ3) is 3.46. The van der Waals surface area contributed by atoms with Gasteiger partial charge < -0.3 is 0 Å². The molecule has 0 amide bonds. The second-order valence-corrected chi connectivity index (χ2v) is 6.05. The van der Waals surface area contributed by atoms with E-state index in [-0.39, 0.29) is 0 Å². The van der Waals surface area contributed by atoms with Crippen LogP contribution < -0.4 is 0 Å². The van der Waals surface area contributed by atoms with Gasteiger partial charge in [0.15, 0.2) is 5.78 Å². The lowest BCUT2D eigenvalue weighted by molar-refractivity contribution is -0.115. The lowest BCUT2D eigenvalue weighted by Crippen LogP contribution is -2.02. The first kappa shape index (κ1) is 13.8. The first-order valence-electron chi connectivity index (χ1n) is 8.08. The molecule has 2 aliphatic rings. The maximum atomic E-state index is 12.0. The van der Waals surface area contributed by atoms with E-state index in [1.165, 1.54) is 69.8 Å². The Labute approximate surface area is 112 Å². The Hall–Kier alpha value is -0.590. The molecule has 2 aliphatic carbocycles. The number of hydrogen-bond acceptors (Lipinski definition) is 1. The van der Waals surface area contributed by atoms with Crippen molar-refractivity contribution >= 4 is 5.78 Å². The zero-order chi connectivity index (χ0) is 12.8. The number of allylic oxidation sites excluding steroid dienone is 2. The highest BCUT2D eigenvalue weighted by Gasteiger charge is 2.29. The van der Waals surface area contributed by atoms with Crippen molar-refractivity contribution in [1.29, 1.82) is 0 Å². The van der Waals surface area contributed by atoms with Crippen LogP contribution in [0.2, 0.25) is 0 Å². The minimum atomic E-state index is 0.465. The van der Waals surface area contributed by atoms with Gasteiger partial charge in [0.25, 0.3) is 0 Å². The number of hydrogen-bond donors (Lipinski definition) is 0. The van der Waals surface area contributed by atoms with E-state index in [0.717, 1.165) is 12.8 Å². The van der Waals surface area contributed by atoms with Gasteiger partial charge in [-0.05, 0) is 37.2 Å². The zero-order valence-corrected chi connectivity index (χ0v) is 12.0. The minimum absolute atomic E-state index is 0.465. The van der Waals surface area contributed by atoms with Gasteiger partial charge in [0.05, 0.1) is 0 Å². The summed E-state index contributed by atoms with van der Waals surface area (Å²) in [6.45, 7) is 2.15. The minimum Gasteiger partial charge on any atom is -0.295 e. The Morgan fingerprint density at radius 3 is 2.22 bits per heavy atom. The van der Waals surface area contributed by atoms with Crippen LogP contribution in [0.4, 0.5) is 0 Å². The zero-order valence-electron chi connectivity index (χ0n) is 12.0. The molecule has 0 aromatic carbocycles. The third-order valence-corrected chi connectivity index (χ3v) is 4.75. The molecule has 0 aromatic rings. The highest BCUT2D eigenvalue weighted by Crippen LogP contribution is 2.38. The van der Waals surface area contributed by atoms with E-state index in [1.54, 1.807) is 5.57 Å². The maximum absolute atomic E-state index is 12.0. The fourth-order valence-electron chi connectivity index (χ4n) is 3.72. The number of carbonyl (C=O) groups excluding carboxylic acids is 1. The van der Waals surface area contributed by atoms with Gasteiger partial charge >= 0.3 is 0 Å². The largest absolute Gasteiger partial charge is 0.295 e. The van der Waals surface area contributed by atoms with E-state index in [4.69, 9.17) is 0 Å². The molecule has 1 fully saturated rings. The summed E-state index contributed by atoms with van der Waals surface area (Å²) in [6.07, 6.45) is 15.3. The first-order valence-corrected chi connectivity index (χ1v) is 8.08. The lowest BCUT2D eigenvalue weighted by Gasteiger charge is -2.16. The Morgan fingerprint density at radius 1 is 0.944 bits per heavy atom. The van der Waals surface area contributed by atoms with Crippen molar-refractivity contribution in [2.45, 2.75) is 84.0 Å². The van der Waals surface area contributed by atoms with Crippen molar-refractivity contribution in [3.8, 4) is 0 Å². The molecule has 0 aromatic heterocycles. The standard InChI is InChI=1S/C17H28O/c1-2-15-16-12-10-8-6-4-3-5-7-9-11-14(16)13-17(15)18/h14H,2-13H2,1H3. The molecule has 102 valence electrons. The van der Waals surface area contributed by atoms with Crippen LogP contribution in [-0.4, -0.2) is 5.78 Å². The Bertz CT molecular complexity index is 314. The van der Waals surface area contributed by atoms with Crippen LogP contribution in [0.1, 0.15) is 84.0 Å². The summed E-state index contributed by atoms with van der Waals surface area (Å²) in [5, 5.41) is 0. The van der Waals surface area contributed by atoms with Crippen molar-refractivity contribution in [1.82, 2.24) is 0 Å². The molecule has 0 heterocycles. The van der Waals surface area contributed by atoms with Crippen LogP contribution >= 0.6 is 0 Å². The van der Waals surface area contributed by atoms with E-state index in [0.29, 0.717) is 11.7 Å². The predicted molar refractivity (Wildman–Crippen MR) is 76.6 cm³/mol. The van der Waals surface area contributed by atoms with Gasteiger partial charge in [0, 0.05) is 6.42 Å². The fourth-order valence-corrected chi connectivity index (χ4v) is 3.72. The van der Waals surface area contributed by atoms with Crippen molar-refractivity contribution < 1.29 is 4.79 Å². The molecule has 0 saturated heterocycles. The molecule has 18 heavy (non-hydrogen) atoms. The van der Waals surface area contributed by atoms with E-state index in [1.807, 2.05) is 0 Å². The monoisotopic (exact) mass is 248 g/mol. The van der Waals surface area contributed by atoms with Gasteiger partial charge in [-0.1, -0.05) is 57.4 Å². The fraction of sp³-hybridized carbons (Fsp3) is 0.824. The summed E-state index contributed by atoms with van der Waals surface area (Å²) in [5.41, 5.74) is 2.76. The summed E-state index contributed by atoms with van der Waals surface area (Å²) in [5.74, 6) is 1.08. The Balaban J connectivity index is 2.03. The van der Waals surface area contributed by atoms with Crippen molar-refractivity contribution in [3.05, 3.63) is 11.1 Å². The number of carbonyl (C=O) groups is 1. The van der Waals surface area contributed by atoms with Crippen LogP contribution in [-0.2, 0) is 4.79 Å². The van der Waals surface area contributed by atoms with Crippen molar-refractivity contribution in [2.24, 2.45) is 5.92 Å². The molecule has 1 atom stereocenters.